The van der Waals surface area contributed by atoms with E-state index in [1.807, 2.05) is 0 Å². The van der Waals surface area contributed by atoms with Crippen LogP contribution in [-0.4, -0.2) is 6.04 Å². The van der Waals surface area contributed by atoms with Crippen molar-refractivity contribution in [3.63, 3.8) is 0 Å². The maximum absolute atomic E-state index is 3.80. The second kappa shape index (κ2) is 6.96. The van der Waals surface area contributed by atoms with Gasteiger partial charge in [0.2, 0.25) is 0 Å². The summed E-state index contributed by atoms with van der Waals surface area (Å²) in [7, 11) is 0. The molecule has 0 aliphatic heterocycles. The summed E-state index contributed by atoms with van der Waals surface area (Å²) in [5, 5.41) is 3.80. The average Bonchev–Trinajstić information content (AvgIpc) is 2.49. The molecule has 0 heterocycles. The van der Waals surface area contributed by atoms with E-state index in [2.05, 4.69) is 58.1 Å². The Morgan fingerprint density at radius 3 is 2.38 bits per heavy atom. The minimum Gasteiger partial charge on any atom is -0.310 e. The third-order valence-corrected chi connectivity index (χ3v) is 6.04. The molecule has 0 bridgehead atoms. The van der Waals surface area contributed by atoms with Gasteiger partial charge in [0.1, 0.15) is 0 Å². The Labute approximate surface area is 131 Å². The van der Waals surface area contributed by atoms with E-state index in [0.717, 1.165) is 12.5 Å². The zero-order valence-corrected chi connectivity index (χ0v) is 14.6. The van der Waals surface area contributed by atoms with Crippen LogP contribution in [0.15, 0.2) is 18.2 Å². The predicted octanol–water partition coefficient (Wildman–Crippen LogP) is 5.39. The average molecular weight is 287 g/mol. The topological polar surface area (TPSA) is 12.0 Å². The lowest BCUT2D eigenvalue weighted by molar-refractivity contribution is 0.137. The van der Waals surface area contributed by atoms with Crippen molar-refractivity contribution < 1.29 is 0 Å². The van der Waals surface area contributed by atoms with Crippen LogP contribution in [0.4, 0.5) is 0 Å². The van der Waals surface area contributed by atoms with Gasteiger partial charge in [-0.2, -0.15) is 0 Å². The molecule has 0 atom stereocenters. The Bertz CT molecular complexity index is 453. The third-order valence-electron chi connectivity index (χ3n) is 6.04. The summed E-state index contributed by atoms with van der Waals surface area (Å²) in [4.78, 5) is 0. The third kappa shape index (κ3) is 4.10. The van der Waals surface area contributed by atoms with Crippen molar-refractivity contribution in [3.05, 3.63) is 34.9 Å². The van der Waals surface area contributed by atoms with Crippen LogP contribution in [0.5, 0.6) is 0 Å². The second-order valence-electron chi connectivity index (χ2n) is 7.63. The fraction of sp³-hybridized carbons (Fsp3) is 0.700. The molecule has 1 aliphatic rings. The quantitative estimate of drug-likeness (QED) is 0.765. The molecule has 1 nitrogen and oxygen atoms in total. The van der Waals surface area contributed by atoms with Crippen LogP contribution < -0.4 is 5.32 Å². The van der Waals surface area contributed by atoms with Gasteiger partial charge in [0.25, 0.3) is 0 Å². The van der Waals surface area contributed by atoms with Crippen LogP contribution in [0.1, 0.15) is 69.6 Å². The first-order valence-electron chi connectivity index (χ1n) is 8.72. The summed E-state index contributed by atoms with van der Waals surface area (Å²) in [5.41, 5.74) is 4.84. The van der Waals surface area contributed by atoms with Gasteiger partial charge in [0.15, 0.2) is 0 Å². The summed E-state index contributed by atoms with van der Waals surface area (Å²) in [5.74, 6) is 0.918. The van der Waals surface area contributed by atoms with Gasteiger partial charge in [0.05, 0.1) is 0 Å². The number of rotatable bonds is 5. The van der Waals surface area contributed by atoms with Crippen molar-refractivity contribution in [1.29, 1.82) is 0 Å². The number of benzene rings is 1. The first-order valence-corrected chi connectivity index (χ1v) is 8.72. The van der Waals surface area contributed by atoms with Crippen molar-refractivity contribution in [3.8, 4) is 0 Å². The first-order chi connectivity index (χ1) is 9.94. The number of hydrogen-bond donors (Lipinski definition) is 1. The monoisotopic (exact) mass is 287 g/mol. The fourth-order valence-electron chi connectivity index (χ4n) is 3.63. The van der Waals surface area contributed by atoms with Crippen LogP contribution in [0.3, 0.4) is 0 Å². The van der Waals surface area contributed by atoms with Crippen LogP contribution in [-0.2, 0) is 6.54 Å². The van der Waals surface area contributed by atoms with Crippen molar-refractivity contribution in [2.24, 2.45) is 11.3 Å². The SMILES string of the molecule is CCC(C)(C)C1CCC(NCc2cccc(C)c2C)CC1. The van der Waals surface area contributed by atoms with Gasteiger partial charge in [0, 0.05) is 12.6 Å². The van der Waals surface area contributed by atoms with E-state index < -0.39 is 0 Å². The number of hydrogen-bond acceptors (Lipinski definition) is 1. The highest BCUT2D eigenvalue weighted by Gasteiger charge is 2.31. The molecule has 0 spiro atoms. The zero-order chi connectivity index (χ0) is 15.5. The minimum absolute atomic E-state index is 0.526. The lowest BCUT2D eigenvalue weighted by Crippen LogP contribution is -2.36. The molecule has 0 unspecified atom stereocenters. The van der Waals surface area contributed by atoms with Crippen LogP contribution in [0.2, 0.25) is 0 Å². The molecule has 1 aromatic rings. The molecule has 1 N–H and O–H groups in total. The standard InChI is InChI=1S/C20H33N/c1-6-20(4,5)18-10-12-19(13-11-18)21-14-17-9-7-8-15(2)16(17)3/h7-9,18-19,21H,6,10-14H2,1-5H3. The van der Waals surface area contributed by atoms with E-state index in [-0.39, 0.29) is 0 Å². The molecule has 0 saturated heterocycles. The van der Waals surface area contributed by atoms with E-state index in [1.54, 1.807) is 0 Å². The molecular formula is C20H33N. The molecule has 1 fully saturated rings. The van der Waals surface area contributed by atoms with Crippen LogP contribution >= 0.6 is 0 Å². The van der Waals surface area contributed by atoms with E-state index >= 15 is 0 Å². The summed E-state index contributed by atoms with van der Waals surface area (Å²) < 4.78 is 0. The Morgan fingerprint density at radius 1 is 1.10 bits per heavy atom. The van der Waals surface area contributed by atoms with Crippen LogP contribution in [0.25, 0.3) is 0 Å². The highest BCUT2D eigenvalue weighted by atomic mass is 14.9. The number of nitrogens with one attached hydrogen (secondary N) is 1. The molecule has 118 valence electrons. The van der Waals surface area contributed by atoms with Crippen molar-refractivity contribution in [2.75, 3.05) is 0 Å². The van der Waals surface area contributed by atoms with E-state index in [9.17, 15) is 0 Å². The van der Waals surface area contributed by atoms with E-state index in [0.29, 0.717) is 11.5 Å². The molecule has 0 amide bonds. The van der Waals surface area contributed by atoms with E-state index in [4.69, 9.17) is 0 Å². The second-order valence-corrected chi connectivity index (χ2v) is 7.63. The molecule has 0 aromatic heterocycles. The number of aryl methyl sites for hydroxylation is 1. The van der Waals surface area contributed by atoms with Gasteiger partial charge in [-0.1, -0.05) is 45.4 Å². The van der Waals surface area contributed by atoms with Gasteiger partial charge in [-0.25, -0.2) is 0 Å². The smallest absolute Gasteiger partial charge is 0.0210 e. The highest BCUT2D eigenvalue weighted by Crippen LogP contribution is 2.40. The summed E-state index contributed by atoms with van der Waals surface area (Å²) in [6.07, 6.45) is 6.78. The Hall–Kier alpha value is -0.820. The molecular weight excluding hydrogens is 254 g/mol. The minimum atomic E-state index is 0.526. The molecule has 0 radical (unpaired) electrons. The Morgan fingerprint density at radius 2 is 1.76 bits per heavy atom. The summed E-state index contributed by atoms with van der Waals surface area (Å²) in [6.45, 7) is 12.7. The lowest BCUT2D eigenvalue weighted by Gasteiger charge is -2.39. The first kappa shape index (κ1) is 16.5. The predicted molar refractivity (Wildman–Crippen MR) is 92.6 cm³/mol. The summed E-state index contributed by atoms with van der Waals surface area (Å²) in [6, 6.07) is 7.37. The molecule has 1 heteroatoms. The summed E-state index contributed by atoms with van der Waals surface area (Å²) >= 11 is 0. The van der Waals surface area contributed by atoms with Gasteiger partial charge < -0.3 is 5.32 Å². The van der Waals surface area contributed by atoms with Gasteiger partial charge >= 0.3 is 0 Å². The van der Waals surface area contributed by atoms with Crippen LogP contribution in [0, 0.1) is 25.2 Å². The largest absolute Gasteiger partial charge is 0.310 e. The van der Waals surface area contributed by atoms with Crippen molar-refractivity contribution in [2.45, 2.75) is 79.3 Å². The van der Waals surface area contributed by atoms with Crippen molar-refractivity contribution >= 4 is 0 Å². The molecule has 1 aliphatic carbocycles. The van der Waals surface area contributed by atoms with E-state index in [1.165, 1.54) is 48.8 Å². The molecule has 2 rings (SSSR count). The van der Waals surface area contributed by atoms with Gasteiger partial charge in [-0.3, -0.25) is 0 Å². The van der Waals surface area contributed by atoms with Crippen molar-refractivity contribution in [1.82, 2.24) is 5.32 Å². The maximum Gasteiger partial charge on any atom is 0.0210 e. The highest BCUT2D eigenvalue weighted by molar-refractivity contribution is 5.32. The maximum atomic E-state index is 3.80. The Balaban J connectivity index is 1.83. The molecule has 1 saturated carbocycles. The normalized spacial score (nSPS) is 23.3. The molecule has 1 aromatic carbocycles. The fourth-order valence-corrected chi connectivity index (χ4v) is 3.63. The van der Waals surface area contributed by atoms with Gasteiger partial charge in [-0.05, 0) is 67.6 Å². The molecule has 21 heavy (non-hydrogen) atoms. The Kier molecular flexibility index (Phi) is 5.48. The zero-order valence-electron chi connectivity index (χ0n) is 14.6. The lowest BCUT2D eigenvalue weighted by atomic mass is 9.69. The van der Waals surface area contributed by atoms with Gasteiger partial charge in [-0.15, -0.1) is 0 Å².